The van der Waals surface area contributed by atoms with Gasteiger partial charge in [-0.25, -0.2) is 0 Å². The average Bonchev–Trinajstić information content (AvgIpc) is 2.69. The molecule has 0 bridgehead atoms. The lowest BCUT2D eigenvalue weighted by Crippen LogP contribution is -2.19. The van der Waals surface area contributed by atoms with E-state index in [1.165, 1.54) is 11.1 Å². The van der Waals surface area contributed by atoms with Crippen LogP contribution in [-0.2, 0) is 0 Å². The van der Waals surface area contributed by atoms with Gasteiger partial charge in [-0.2, -0.15) is 0 Å². The van der Waals surface area contributed by atoms with Crippen LogP contribution < -0.4 is 0 Å². The van der Waals surface area contributed by atoms with E-state index in [9.17, 15) is 10.2 Å². The largest absolute Gasteiger partial charge is 0.507 e. The smallest absolute Gasteiger partial charge is 0.122 e. The lowest BCUT2D eigenvalue weighted by atomic mass is 9.71. The quantitative estimate of drug-likeness (QED) is 0.467. The van der Waals surface area contributed by atoms with Crippen molar-refractivity contribution in [3.63, 3.8) is 0 Å². The summed E-state index contributed by atoms with van der Waals surface area (Å²) in [6, 6.07) is 8.29. The fraction of sp³-hybridized carbons (Fsp3) is 0.448. The van der Waals surface area contributed by atoms with Crippen LogP contribution in [0.5, 0.6) is 11.5 Å². The van der Waals surface area contributed by atoms with Gasteiger partial charge in [-0.1, -0.05) is 58.7 Å². The highest BCUT2D eigenvalue weighted by Crippen LogP contribution is 2.48. The van der Waals surface area contributed by atoms with Crippen molar-refractivity contribution < 1.29 is 10.2 Å². The summed E-state index contributed by atoms with van der Waals surface area (Å²) in [6.45, 7) is 12.4. The molecule has 0 saturated heterocycles. The van der Waals surface area contributed by atoms with Crippen molar-refractivity contribution in [2.45, 2.75) is 79.6 Å². The van der Waals surface area contributed by atoms with Gasteiger partial charge in [0.05, 0.1) is 0 Å². The molecule has 3 rings (SSSR count). The topological polar surface area (TPSA) is 40.5 Å². The van der Waals surface area contributed by atoms with E-state index in [4.69, 9.17) is 0 Å². The van der Waals surface area contributed by atoms with Gasteiger partial charge in [0.1, 0.15) is 11.5 Å². The molecule has 0 radical (unpaired) electrons. The van der Waals surface area contributed by atoms with Gasteiger partial charge >= 0.3 is 0 Å². The predicted octanol–water partition coefficient (Wildman–Crippen LogP) is 7.94. The Labute approximate surface area is 188 Å². The molecule has 2 heteroatoms. The number of benzene rings is 2. The zero-order valence-electron chi connectivity index (χ0n) is 20.0. The molecule has 0 aliphatic heterocycles. The number of phenols is 2. The first-order chi connectivity index (χ1) is 14.7. The molecule has 1 aliphatic rings. The second-order valence-corrected chi connectivity index (χ2v) is 9.74. The van der Waals surface area contributed by atoms with E-state index in [1.54, 1.807) is 0 Å². The maximum Gasteiger partial charge on any atom is 0.122 e. The van der Waals surface area contributed by atoms with Gasteiger partial charge in [-0.3, -0.25) is 0 Å². The molecule has 0 saturated carbocycles. The highest BCUT2D eigenvalue weighted by Gasteiger charge is 2.32. The second kappa shape index (κ2) is 9.77. The van der Waals surface area contributed by atoms with Gasteiger partial charge in [0.25, 0.3) is 0 Å². The van der Waals surface area contributed by atoms with Crippen molar-refractivity contribution in [1.82, 2.24) is 0 Å². The molecular weight excluding hydrogens is 380 g/mol. The van der Waals surface area contributed by atoms with Crippen LogP contribution in [-0.4, -0.2) is 10.2 Å². The zero-order valence-corrected chi connectivity index (χ0v) is 20.0. The van der Waals surface area contributed by atoms with Crippen LogP contribution in [0.2, 0.25) is 0 Å². The van der Waals surface area contributed by atoms with Crippen molar-refractivity contribution in [1.29, 1.82) is 0 Å². The number of rotatable bonds is 6. The standard InChI is InChI=1S/C29H38O2/c1-18(2)9-7-10-23-11-8-12-24(17-23)27(25-15-19(3)13-21(5)28(25)30)26-16-20(4)14-22(6)29(26)31/h9,11,13-16,24,27,30-31H,7-8,10,12,17H2,1-6H3. The number of phenolic OH excluding ortho intramolecular Hbond substituents is 2. The number of aryl methyl sites for hydroxylation is 4. The van der Waals surface area contributed by atoms with Crippen LogP contribution in [0.4, 0.5) is 0 Å². The molecule has 0 fully saturated rings. The molecule has 1 unspecified atom stereocenters. The number of allylic oxidation sites excluding steroid dienone is 4. The van der Waals surface area contributed by atoms with Crippen LogP contribution in [0, 0.1) is 33.6 Å². The van der Waals surface area contributed by atoms with Gasteiger partial charge in [0.2, 0.25) is 0 Å². The first kappa shape index (κ1) is 23.2. The van der Waals surface area contributed by atoms with Crippen LogP contribution in [0.25, 0.3) is 0 Å². The van der Waals surface area contributed by atoms with Crippen LogP contribution in [0.3, 0.4) is 0 Å². The van der Waals surface area contributed by atoms with Gasteiger partial charge in [0, 0.05) is 17.0 Å². The summed E-state index contributed by atoms with van der Waals surface area (Å²) in [7, 11) is 0. The second-order valence-electron chi connectivity index (χ2n) is 9.74. The molecule has 2 N–H and O–H groups in total. The van der Waals surface area contributed by atoms with E-state index in [0.717, 1.165) is 65.5 Å². The number of hydrogen-bond donors (Lipinski definition) is 2. The third-order valence-electron chi connectivity index (χ3n) is 6.60. The first-order valence-electron chi connectivity index (χ1n) is 11.6. The Morgan fingerprint density at radius 3 is 2.00 bits per heavy atom. The molecule has 0 aromatic heterocycles. The fourth-order valence-electron chi connectivity index (χ4n) is 5.19. The molecule has 2 nitrogen and oxygen atoms in total. The summed E-state index contributed by atoms with van der Waals surface area (Å²) in [5, 5.41) is 22.2. The summed E-state index contributed by atoms with van der Waals surface area (Å²) in [4.78, 5) is 0. The Morgan fingerprint density at radius 2 is 1.48 bits per heavy atom. The minimum absolute atomic E-state index is 0.0237. The summed E-state index contributed by atoms with van der Waals surface area (Å²) >= 11 is 0. The number of aromatic hydroxyl groups is 2. The first-order valence-corrected chi connectivity index (χ1v) is 11.6. The lowest BCUT2D eigenvalue weighted by molar-refractivity contribution is 0.380. The molecule has 0 spiro atoms. The predicted molar refractivity (Wildman–Crippen MR) is 131 cm³/mol. The normalized spacial score (nSPS) is 16.4. The highest BCUT2D eigenvalue weighted by atomic mass is 16.3. The van der Waals surface area contributed by atoms with Crippen LogP contribution in [0.1, 0.15) is 85.3 Å². The average molecular weight is 419 g/mol. The van der Waals surface area contributed by atoms with Crippen molar-refractivity contribution in [3.8, 4) is 11.5 Å². The molecule has 2 aromatic carbocycles. The lowest BCUT2D eigenvalue weighted by Gasteiger charge is -2.33. The summed E-state index contributed by atoms with van der Waals surface area (Å²) in [5.41, 5.74) is 8.88. The molecule has 2 aromatic rings. The summed E-state index contributed by atoms with van der Waals surface area (Å²) < 4.78 is 0. The maximum atomic E-state index is 11.1. The fourth-order valence-corrected chi connectivity index (χ4v) is 5.19. The van der Waals surface area contributed by atoms with E-state index in [0.29, 0.717) is 17.4 Å². The Balaban J connectivity index is 2.06. The summed E-state index contributed by atoms with van der Waals surface area (Å²) in [5.74, 6) is 1.07. The van der Waals surface area contributed by atoms with Crippen LogP contribution in [0.15, 0.2) is 47.6 Å². The summed E-state index contributed by atoms with van der Waals surface area (Å²) in [6.07, 6.45) is 10.0. The Morgan fingerprint density at radius 1 is 0.935 bits per heavy atom. The minimum atomic E-state index is -0.0237. The monoisotopic (exact) mass is 418 g/mol. The molecule has 1 atom stereocenters. The Kier molecular flexibility index (Phi) is 7.30. The molecule has 1 aliphatic carbocycles. The van der Waals surface area contributed by atoms with Crippen molar-refractivity contribution >= 4 is 0 Å². The van der Waals surface area contributed by atoms with E-state index in [-0.39, 0.29) is 5.92 Å². The molecule has 31 heavy (non-hydrogen) atoms. The van der Waals surface area contributed by atoms with Crippen molar-refractivity contribution in [2.24, 2.45) is 5.92 Å². The molecular formula is C29H38O2. The van der Waals surface area contributed by atoms with Crippen molar-refractivity contribution in [3.05, 3.63) is 80.9 Å². The highest BCUT2D eigenvalue weighted by molar-refractivity contribution is 5.54. The zero-order chi connectivity index (χ0) is 22.7. The van der Waals surface area contributed by atoms with Gasteiger partial charge in [-0.05, 0) is 90.7 Å². The van der Waals surface area contributed by atoms with E-state index < -0.39 is 0 Å². The van der Waals surface area contributed by atoms with Gasteiger partial charge in [-0.15, -0.1) is 0 Å². The van der Waals surface area contributed by atoms with E-state index >= 15 is 0 Å². The number of hydrogen-bond acceptors (Lipinski definition) is 2. The van der Waals surface area contributed by atoms with E-state index in [2.05, 4.69) is 52.0 Å². The minimum Gasteiger partial charge on any atom is -0.507 e. The van der Waals surface area contributed by atoms with Crippen molar-refractivity contribution in [2.75, 3.05) is 0 Å². The van der Waals surface area contributed by atoms with Crippen LogP contribution >= 0.6 is 0 Å². The Hall–Kier alpha value is -2.48. The van der Waals surface area contributed by atoms with Gasteiger partial charge in [0.15, 0.2) is 0 Å². The maximum absolute atomic E-state index is 11.1. The van der Waals surface area contributed by atoms with Gasteiger partial charge < -0.3 is 10.2 Å². The third kappa shape index (κ3) is 5.42. The molecule has 166 valence electrons. The molecule has 0 amide bonds. The SMILES string of the molecule is CC(C)=CCCC1=CCCC(C(c2cc(C)cc(C)c2O)c2cc(C)cc(C)c2O)C1. The van der Waals surface area contributed by atoms with E-state index in [1.807, 2.05) is 26.0 Å². The Bertz CT molecular complexity index is 948. The molecule has 0 heterocycles. The third-order valence-corrected chi connectivity index (χ3v) is 6.60.